The summed E-state index contributed by atoms with van der Waals surface area (Å²) in [6.45, 7) is 8.41. The Balaban J connectivity index is 2.98. The van der Waals surface area contributed by atoms with Gasteiger partial charge in [0.15, 0.2) is 5.82 Å². The number of aliphatic hydroxyl groups is 1. The molecule has 0 unspecified atom stereocenters. The lowest BCUT2D eigenvalue weighted by molar-refractivity contribution is 0.261. The molecular weight excluding hydrogens is 178 g/mol. The van der Waals surface area contributed by atoms with Crippen LogP contribution >= 0.6 is 0 Å². The molecule has 0 aliphatic heterocycles. The molecule has 0 atom stereocenters. The summed E-state index contributed by atoms with van der Waals surface area (Å²) in [6.07, 6.45) is 0.908. The van der Waals surface area contributed by atoms with Crippen LogP contribution in [0.25, 0.3) is 0 Å². The van der Waals surface area contributed by atoms with E-state index in [1.54, 1.807) is 0 Å². The highest BCUT2D eigenvalue weighted by atomic mass is 16.3. The highest BCUT2D eigenvalue weighted by molar-refractivity contribution is 4.97. The summed E-state index contributed by atoms with van der Waals surface area (Å²) < 4.78 is 2.01. The fourth-order valence-corrected chi connectivity index (χ4v) is 1.57. The molecule has 4 heteroatoms. The summed E-state index contributed by atoms with van der Waals surface area (Å²) >= 11 is 0. The summed E-state index contributed by atoms with van der Waals surface area (Å²) in [7, 11) is 0. The third kappa shape index (κ3) is 2.32. The topological polar surface area (TPSA) is 50.9 Å². The van der Waals surface area contributed by atoms with Gasteiger partial charge in [-0.15, -0.1) is 10.2 Å². The fourth-order valence-electron chi connectivity index (χ4n) is 1.57. The van der Waals surface area contributed by atoms with Gasteiger partial charge in [-0.1, -0.05) is 13.8 Å². The van der Waals surface area contributed by atoms with Crippen LogP contribution in [0.1, 0.15) is 45.4 Å². The second-order valence-corrected chi connectivity index (χ2v) is 4.25. The molecule has 1 heterocycles. The molecule has 1 aromatic heterocycles. The van der Waals surface area contributed by atoms with Crippen LogP contribution < -0.4 is 0 Å². The van der Waals surface area contributed by atoms with E-state index in [2.05, 4.69) is 37.9 Å². The first-order valence-electron chi connectivity index (χ1n) is 5.09. The number of aliphatic hydroxyl groups excluding tert-OH is 1. The molecule has 4 nitrogen and oxygen atoms in total. The second-order valence-electron chi connectivity index (χ2n) is 4.25. The van der Waals surface area contributed by atoms with E-state index >= 15 is 0 Å². The molecule has 0 saturated carbocycles. The van der Waals surface area contributed by atoms with Gasteiger partial charge in [-0.3, -0.25) is 0 Å². The van der Waals surface area contributed by atoms with Crippen molar-refractivity contribution in [1.82, 2.24) is 14.8 Å². The monoisotopic (exact) mass is 197 g/mol. The maximum absolute atomic E-state index is 9.09. The SMILES string of the molecule is CC(C)Cc1nnc(CO)n1C(C)C. The first-order chi connectivity index (χ1) is 6.56. The normalized spacial score (nSPS) is 11.6. The van der Waals surface area contributed by atoms with Gasteiger partial charge in [-0.25, -0.2) is 0 Å². The van der Waals surface area contributed by atoms with Crippen molar-refractivity contribution >= 4 is 0 Å². The van der Waals surface area contributed by atoms with Gasteiger partial charge in [0.25, 0.3) is 0 Å². The molecule has 0 saturated heterocycles. The predicted molar refractivity (Wildman–Crippen MR) is 54.9 cm³/mol. The Bertz CT molecular complexity index is 292. The Labute approximate surface area is 85.0 Å². The van der Waals surface area contributed by atoms with Gasteiger partial charge in [0, 0.05) is 12.5 Å². The molecule has 0 aromatic carbocycles. The predicted octanol–water partition coefficient (Wildman–Crippen LogP) is 1.55. The lowest BCUT2D eigenvalue weighted by atomic mass is 10.1. The highest BCUT2D eigenvalue weighted by Gasteiger charge is 2.14. The lowest BCUT2D eigenvalue weighted by Crippen LogP contribution is -2.12. The minimum absolute atomic E-state index is 0.0384. The van der Waals surface area contributed by atoms with Crippen molar-refractivity contribution in [3.05, 3.63) is 11.6 Å². The number of nitrogens with zero attached hydrogens (tertiary/aromatic N) is 3. The third-order valence-electron chi connectivity index (χ3n) is 2.09. The maximum Gasteiger partial charge on any atom is 0.159 e. The summed E-state index contributed by atoms with van der Waals surface area (Å²) in [5, 5.41) is 17.2. The van der Waals surface area contributed by atoms with Crippen LogP contribution in [-0.2, 0) is 13.0 Å². The van der Waals surface area contributed by atoms with Crippen LogP contribution in [0.2, 0.25) is 0 Å². The Kier molecular flexibility index (Phi) is 3.63. The van der Waals surface area contributed by atoms with Crippen molar-refractivity contribution in [3.8, 4) is 0 Å². The van der Waals surface area contributed by atoms with E-state index in [-0.39, 0.29) is 6.61 Å². The molecule has 14 heavy (non-hydrogen) atoms. The molecule has 0 bridgehead atoms. The fraction of sp³-hybridized carbons (Fsp3) is 0.800. The third-order valence-corrected chi connectivity index (χ3v) is 2.09. The second kappa shape index (κ2) is 4.55. The molecule has 0 spiro atoms. The van der Waals surface area contributed by atoms with Crippen LogP contribution in [0, 0.1) is 5.92 Å². The van der Waals surface area contributed by atoms with E-state index in [0.29, 0.717) is 17.8 Å². The van der Waals surface area contributed by atoms with Crippen molar-refractivity contribution in [2.24, 2.45) is 5.92 Å². The Morgan fingerprint density at radius 2 is 1.71 bits per heavy atom. The Hall–Kier alpha value is -0.900. The standard InChI is InChI=1S/C10H19N3O/c1-7(2)5-9-11-12-10(6-14)13(9)8(3)4/h7-8,14H,5-6H2,1-4H3. The summed E-state index contributed by atoms with van der Waals surface area (Å²) in [5.41, 5.74) is 0. The summed E-state index contributed by atoms with van der Waals surface area (Å²) in [4.78, 5) is 0. The van der Waals surface area contributed by atoms with E-state index in [1.165, 1.54) is 0 Å². The van der Waals surface area contributed by atoms with Crippen molar-refractivity contribution in [2.45, 2.75) is 46.8 Å². The highest BCUT2D eigenvalue weighted by Crippen LogP contribution is 2.14. The molecular formula is C10H19N3O. The molecule has 1 N–H and O–H groups in total. The molecule has 80 valence electrons. The van der Waals surface area contributed by atoms with Crippen LogP contribution in [-0.4, -0.2) is 19.9 Å². The molecule has 0 radical (unpaired) electrons. The number of rotatable bonds is 4. The van der Waals surface area contributed by atoms with Crippen molar-refractivity contribution in [2.75, 3.05) is 0 Å². The summed E-state index contributed by atoms with van der Waals surface area (Å²) in [6, 6.07) is 0.306. The molecule has 1 rings (SSSR count). The van der Waals surface area contributed by atoms with Gasteiger partial charge in [0.05, 0.1) is 0 Å². The minimum Gasteiger partial charge on any atom is -0.388 e. The molecule has 0 aliphatic carbocycles. The van der Waals surface area contributed by atoms with Crippen LogP contribution in [0.15, 0.2) is 0 Å². The first kappa shape index (κ1) is 11.2. The van der Waals surface area contributed by atoms with E-state index in [4.69, 9.17) is 5.11 Å². The zero-order valence-corrected chi connectivity index (χ0v) is 9.36. The number of aromatic nitrogens is 3. The van der Waals surface area contributed by atoms with E-state index in [9.17, 15) is 0 Å². The van der Waals surface area contributed by atoms with E-state index in [1.807, 2.05) is 4.57 Å². The van der Waals surface area contributed by atoms with Gasteiger partial charge in [0.1, 0.15) is 12.4 Å². The van der Waals surface area contributed by atoms with Gasteiger partial charge >= 0.3 is 0 Å². The average molecular weight is 197 g/mol. The quantitative estimate of drug-likeness (QED) is 0.796. The minimum atomic E-state index is -0.0384. The average Bonchev–Trinajstić information content (AvgIpc) is 2.46. The van der Waals surface area contributed by atoms with Crippen molar-refractivity contribution in [1.29, 1.82) is 0 Å². The molecule has 0 fully saturated rings. The smallest absolute Gasteiger partial charge is 0.159 e. The largest absolute Gasteiger partial charge is 0.388 e. The van der Waals surface area contributed by atoms with E-state index < -0.39 is 0 Å². The van der Waals surface area contributed by atoms with Crippen LogP contribution in [0.4, 0.5) is 0 Å². The molecule has 0 amide bonds. The zero-order valence-electron chi connectivity index (χ0n) is 9.36. The van der Waals surface area contributed by atoms with E-state index in [0.717, 1.165) is 12.2 Å². The molecule has 0 aliphatic rings. The molecule has 1 aromatic rings. The lowest BCUT2D eigenvalue weighted by Gasteiger charge is -2.13. The zero-order chi connectivity index (χ0) is 10.7. The summed E-state index contributed by atoms with van der Waals surface area (Å²) in [5.74, 6) is 2.19. The van der Waals surface area contributed by atoms with Crippen LogP contribution in [0.3, 0.4) is 0 Å². The number of hydrogen-bond acceptors (Lipinski definition) is 3. The maximum atomic E-state index is 9.09. The first-order valence-corrected chi connectivity index (χ1v) is 5.09. The van der Waals surface area contributed by atoms with Crippen LogP contribution in [0.5, 0.6) is 0 Å². The van der Waals surface area contributed by atoms with Crippen molar-refractivity contribution in [3.63, 3.8) is 0 Å². The Morgan fingerprint density at radius 3 is 2.14 bits per heavy atom. The van der Waals surface area contributed by atoms with Gasteiger partial charge in [-0.2, -0.15) is 0 Å². The van der Waals surface area contributed by atoms with Gasteiger partial charge in [0.2, 0.25) is 0 Å². The number of hydrogen-bond donors (Lipinski definition) is 1. The Morgan fingerprint density at radius 1 is 1.14 bits per heavy atom. The van der Waals surface area contributed by atoms with Gasteiger partial charge < -0.3 is 9.67 Å². The van der Waals surface area contributed by atoms with Crippen molar-refractivity contribution < 1.29 is 5.11 Å². The van der Waals surface area contributed by atoms with Gasteiger partial charge in [-0.05, 0) is 19.8 Å².